The van der Waals surface area contributed by atoms with E-state index in [-0.39, 0.29) is 16.6 Å². The Morgan fingerprint density at radius 2 is 1.85 bits per heavy atom. The van der Waals surface area contributed by atoms with Crippen molar-refractivity contribution in [3.05, 3.63) is 98.6 Å². The van der Waals surface area contributed by atoms with E-state index in [1.807, 2.05) is 42.5 Å². The Labute approximate surface area is 202 Å². The number of anilines is 1. The van der Waals surface area contributed by atoms with E-state index >= 15 is 0 Å². The molecule has 0 atom stereocenters. The molecule has 0 aliphatic carbocycles. The van der Waals surface area contributed by atoms with Crippen LogP contribution < -0.4 is 4.90 Å². The highest BCUT2D eigenvalue weighted by Gasteiger charge is 2.34. The molecular formula is C24H13ClN2O4S2. The zero-order valence-electron chi connectivity index (χ0n) is 16.7. The molecule has 9 heteroatoms. The lowest BCUT2D eigenvalue weighted by Gasteiger charge is -2.17. The molecule has 1 saturated heterocycles. The molecule has 1 aromatic heterocycles. The van der Waals surface area contributed by atoms with Crippen LogP contribution in [0.25, 0.3) is 28.2 Å². The van der Waals surface area contributed by atoms with Crippen molar-refractivity contribution in [1.29, 1.82) is 0 Å². The smallest absolute Gasteiger partial charge is 0.288 e. The molecule has 162 valence electrons. The van der Waals surface area contributed by atoms with Crippen LogP contribution in [0.2, 0.25) is 5.02 Å². The average Bonchev–Trinajstić information content (AvgIpc) is 3.38. The minimum atomic E-state index is -0.547. The van der Waals surface area contributed by atoms with E-state index in [4.69, 9.17) is 28.2 Å². The minimum absolute atomic E-state index is 0.0487. The lowest BCUT2D eigenvalue weighted by Crippen LogP contribution is -2.27. The Balaban J connectivity index is 1.46. The first-order valence-electron chi connectivity index (χ1n) is 9.72. The van der Waals surface area contributed by atoms with E-state index in [2.05, 4.69) is 0 Å². The van der Waals surface area contributed by atoms with E-state index in [1.165, 1.54) is 28.8 Å². The number of halogens is 1. The first-order chi connectivity index (χ1) is 15.9. The van der Waals surface area contributed by atoms with Crippen molar-refractivity contribution in [2.75, 3.05) is 4.90 Å². The van der Waals surface area contributed by atoms with Crippen molar-refractivity contribution in [3.8, 4) is 11.3 Å². The molecule has 1 amide bonds. The normalized spacial score (nSPS) is 15.1. The molecule has 0 radical (unpaired) electrons. The number of amides is 1. The number of nitro benzene ring substituents is 1. The standard InChI is InChI=1S/C24H13ClN2O4S2/c25-18-10-8-15(12-20(18)27(29)30)21-11-9-16(31-21)13-22-23(28)26(24(32)33-22)19-7-3-5-14-4-1-2-6-17(14)19/h1-13H/b22-13-. The van der Waals surface area contributed by atoms with Crippen LogP contribution in [-0.4, -0.2) is 15.2 Å². The van der Waals surface area contributed by atoms with Crippen LogP contribution >= 0.6 is 35.6 Å². The molecule has 4 aromatic rings. The van der Waals surface area contributed by atoms with E-state index in [9.17, 15) is 14.9 Å². The van der Waals surface area contributed by atoms with Gasteiger partial charge in [-0.25, -0.2) is 0 Å². The molecule has 33 heavy (non-hydrogen) atoms. The van der Waals surface area contributed by atoms with Crippen LogP contribution in [0.5, 0.6) is 0 Å². The molecular weight excluding hydrogens is 480 g/mol. The monoisotopic (exact) mass is 492 g/mol. The molecule has 3 aromatic carbocycles. The van der Waals surface area contributed by atoms with Gasteiger partial charge in [-0.15, -0.1) is 0 Å². The van der Waals surface area contributed by atoms with Crippen molar-refractivity contribution >= 4 is 74.0 Å². The molecule has 0 N–H and O–H groups in total. The summed E-state index contributed by atoms with van der Waals surface area (Å²) < 4.78 is 6.26. The van der Waals surface area contributed by atoms with Gasteiger partial charge < -0.3 is 4.42 Å². The first kappa shape index (κ1) is 21.4. The molecule has 5 rings (SSSR count). The molecule has 1 aliphatic heterocycles. The second-order valence-corrected chi connectivity index (χ2v) is 9.22. The van der Waals surface area contributed by atoms with Crippen LogP contribution in [0.1, 0.15) is 5.76 Å². The molecule has 2 heterocycles. The molecule has 0 bridgehead atoms. The summed E-state index contributed by atoms with van der Waals surface area (Å²) >= 11 is 12.6. The maximum atomic E-state index is 13.2. The molecule has 0 saturated carbocycles. The summed E-state index contributed by atoms with van der Waals surface area (Å²) in [4.78, 5) is 25.8. The number of benzene rings is 3. The lowest BCUT2D eigenvalue weighted by molar-refractivity contribution is -0.384. The number of fused-ring (bicyclic) bond motifs is 1. The fraction of sp³-hybridized carbons (Fsp3) is 0. The van der Waals surface area contributed by atoms with Gasteiger partial charge in [0.25, 0.3) is 11.6 Å². The summed E-state index contributed by atoms with van der Waals surface area (Å²) in [5.41, 5.74) is 1.03. The number of carbonyl (C=O) groups excluding carboxylic acids is 1. The van der Waals surface area contributed by atoms with Gasteiger partial charge in [-0.05, 0) is 35.7 Å². The Morgan fingerprint density at radius 1 is 1.06 bits per heavy atom. The van der Waals surface area contributed by atoms with Crippen molar-refractivity contribution in [1.82, 2.24) is 0 Å². The van der Waals surface area contributed by atoms with E-state index in [0.717, 1.165) is 16.5 Å². The topological polar surface area (TPSA) is 76.6 Å². The third kappa shape index (κ3) is 3.93. The average molecular weight is 493 g/mol. The Kier molecular flexibility index (Phi) is 5.49. The van der Waals surface area contributed by atoms with Crippen LogP contribution in [-0.2, 0) is 4.79 Å². The van der Waals surface area contributed by atoms with Gasteiger partial charge in [-0.3, -0.25) is 19.8 Å². The van der Waals surface area contributed by atoms with Crippen LogP contribution in [0, 0.1) is 10.1 Å². The van der Waals surface area contributed by atoms with Gasteiger partial charge >= 0.3 is 0 Å². The fourth-order valence-corrected chi connectivity index (χ4v) is 5.05. The summed E-state index contributed by atoms with van der Waals surface area (Å²) in [6.07, 6.45) is 1.62. The van der Waals surface area contributed by atoms with Crippen LogP contribution in [0.15, 0.2) is 82.1 Å². The minimum Gasteiger partial charge on any atom is -0.457 e. The van der Waals surface area contributed by atoms with Crippen LogP contribution in [0.4, 0.5) is 11.4 Å². The number of thiocarbonyl (C=S) groups is 1. The van der Waals surface area contributed by atoms with E-state index in [1.54, 1.807) is 24.3 Å². The van der Waals surface area contributed by atoms with E-state index < -0.39 is 4.92 Å². The maximum Gasteiger partial charge on any atom is 0.288 e. The number of nitro groups is 1. The summed E-state index contributed by atoms with van der Waals surface area (Å²) in [7, 11) is 0. The maximum absolute atomic E-state index is 13.2. The zero-order valence-corrected chi connectivity index (χ0v) is 19.1. The highest BCUT2D eigenvalue weighted by atomic mass is 35.5. The summed E-state index contributed by atoms with van der Waals surface area (Å²) in [5.74, 6) is 0.619. The van der Waals surface area contributed by atoms with Crippen LogP contribution in [0.3, 0.4) is 0 Å². The predicted molar refractivity (Wildman–Crippen MR) is 135 cm³/mol. The quantitative estimate of drug-likeness (QED) is 0.131. The Morgan fingerprint density at radius 3 is 2.67 bits per heavy atom. The molecule has 0 spiro atoms. The van der Waals surface area contributed by atoms with Gasteiger partial charge in [0.05, 0.1) is 15.5 Å². The highest BCUT2D eigenvalue weighted by Crippen LogP contribution is 2.39. The van der Waals surface area contributed by atoms with Gasteiger partial charge in [0.15, 0.2) is 4.32 Å². The summed E-state index contributed by atoms with van der Waals surface area (Å²) in [5, 5.41) is 13.2. The number of carbonyl (C=O) groups is 1. The first-order valence-corrected chi connectivity index (χ1v) is 11.3. The predicted octanol–water partition coefficient (Wildman–Crippen LogP) is 7.07. The second-order valence-electron chi connectivity index (χ2n) is 7.14. The van der Waals surface area contributed by atoms with Gasteiger partial charge in [0.1, 0.15) is 16.5 Å². The fourth-order valence-electron chi connectivity index (χ4n) is 3.60. The van der Waals surface area contributed by atoms with Gasteiger partial charge in [0, 0.05) is 23.1 Å². The van der Waals surface area contributed by atoms with Crippen molar-refractivity contribution < 1.29 is 14.1 Å². The zero-order chi connectivity index (χ0) is 23.1. The van der Waals surface area contributed by atoms with Gasteiger partial charge in [-0.1, -0.05) is 72.0 Å². The summed E-state index contributed by atoms with van der Waals surface area (Å²) in [6, 6.07) is 21.4. The van der Waals surface area contributed by atoms with Crippen molar-refractivity contribution in [3.63, 3.8) is 0 Å². The van der Waals surface area contributed by atoms with Gasteiger partial charge in [-0.2, -0.15) is 0 Å². The lowest BCUT2D eigenvalue weighted by atomic mass is 10.1. The molecule has 1 fully saturated rings. The molecule has 6 nitrogen and oxygen atoms in total. The largest absolute Gasteiger partial charge is 0.457 e. The Hall–Kier alpha value is -3.46. The number of hydrogen-bond donors (Lipinski definition) is 0. The summed E-state index contributed by atoms with van der Waals surface area (Å²) in [6.45, 7) is 0. The highest BCUT2D eigenvalue weighted by molar-refractivity contribution is 8.27. The Bertz CT molecular complexity index is 1490. The number of hydrogen-bond acceptors (Lipinski definition) is 6. The number of furan rings is 1. The SMILES string of the molecule is O=C1/C(=C/c2ccc(-c3ccc(Cl)c([N+](=O)[O-])c3)o2)SC(=S)N1c1cccc2ccccc12. The number of thioether (sulfide) groups is 1. The third-order valence-corrected chi connectivity index (χ3v) is 6.75. The van der Waals surface area contributed by atoms with E-state index in [0.29, 0.717) is 26.3 Å². The number of rotatable bonds is 4. The van der Waals surface area contributed by atoms with Gasteiger partial charge in [0.2, 0.25) is 0 Å². The second kappa shape index (κ2) is 8.47. The number of nitrogens with zero attached hydrogens (tertiary/aromatic N) is 2. The molecule has 0 unspecified atom stereocenters. The van der Waals surface area contributed by atoms with Crippen molar-refractivity contribution in [2.24, 2.45) is 0 Å². The molecule has 1 aliphatic rings. The third-order valence-electron chi connectivity index (χ3n) is 5.13. The van der Waals surface area contributed by atoms with Crippen molar-refractivity contribution in [2.45, 2.75) is 0 Å².